The lowest BCUT2D eigenvalue weighted by molar-refractivity contribution is 0.0977. The molecule has 5 heterocycles. The third-order valence-corrected chi connectivity index (χ3v) is 5.76. The van der Waals surface area contributed by atoms with E-state index in [0.29, 0.717) is 39.6 Å². The van der Waals surface area contributed by atoms with Crippen molar-refractivity contribution in [2.75, 3.05) is 20.3 Å². The van der Waals surface area contributed by atoms with Crippen LogP contribution in [0.5, 0.6) is 17.2 Å². The molecule has 0 saturated carbocycles. The summed E-state index contributed by atoms with van der Waals surface area (Å²) in [6.45, 7) is 3.17. The van der Waals surface area contributed by atoms with E-state index in [2.05, 4.69) is 17.1 Å². The normalized spacial score (nSPS) is 16.9. The zero-order chi connectivity index (χ0) is 24.8. The first-order valence-electron chi connectivity index (χ1n) is 12.6. The van der Waals surface area contributed by atoms with Gasteiger partial charge in [-0.1, -0.05) is 36.4 Å². The smallest absolute Gasteiger partial charge is 0.122 e. The minimum Gasteiger partial charge on any atom is -0.497 e. The summed E-state index contributed by atoms with van der Waals surface area (Å²) >= 11 is 0. The predicted molar refractivity (Wildman–Crippen MR) is 139 cm³/mol. The van der Waals surface area contributed by atoms with Crippen molar-refractivity contribution in [3.63, 3.8) is 0 Å². The van der Waals surface area contributed by atoms with Gasteiger partial charge in [0.2, 0.25) is 0 Å². The SMILES string of the molecule is COc1cc2nc(c1)COCc1ccc(cc1)OCCC/C=C\CCCOc1ccc(cc1)COC2. The van der Waals surface area contributed by atoms with Crippen molar-refractivity contribution < 1.29 is 23.7 Å². The van der Waals surface area contributed by atoms with E-state index in [1.807, 2.05) is 60.7 Å². The molecular formula is C30H35NO5. The number of hydrogen-bond acceptors (Lipinski definition) is 6. The molecule has 0 atom stereocenters. The van der Waals surface area contributed by atoms with Gasteiger partial charge in [-0.25, -0.2) is 0 Å². The van der Waals surface area contributed by atoms with E-state index >= 15 is 0 Å². The van der Waals surface area contributed by atoms with Crippen molar-refractivity contribution in [1.29, 1.82) is 0 Å². The fourth-order valence-corrected chi connectivity index (χ4v) is 3.81. The second-order valence-electron chi connectivity index (χ2n) is 8.72. The van der Waals surface area contributed by atoms with Gasteiger partial charge in [-0.05, 0) is 61.1 Å². The Kier molecular flexibility index (Phi) is 10.2. The molecule has 0 saturated heterocycles. The number of nitrogens with zero attached hydrogens (tertiary/aromatic N) is 1. The van der Waals surface area contributed by atoms with Crippen LogP contribution in [-0.2, 0) is 35.9 Å². The van der Waals surface area contributed by atoms with Gasteiger partial charge in [0.15, 0.2) is 0 Å². The summed E-state index contributed by atoms with van der Waals surface area (Å²) in [5.74, 6) is 2.50. The van der Waals surface area contributed by atoms with Gasteiger partial charge in [0.05, 0.1) is 58.1 Å². The van der Waals surface area contributed by atoms with Crippen molar-refractivity contribution in [3.05, 3.63) is 95.3 Å². The van der Waals surface area contributed by atoms with Gasteiger partial charge in [0.1, 0.15) is 17.2 Å². The highest BCUT2D eigenvalue weighted by atomic mass is 16.5. The number of rotatable bonds is 1. The summed E-state index contributed by atoms with van der Waals surface area (Å²) in [6, 6.07) is 19.9. The minimum atomic E-state index is 0.386. The Morgan fingerprint density at radius 3 is 1.56 bits per heavy atom. The van der Waals surface area contributed by atoms with Crippen LogP contribution in [0.15, 0.2) is 72.8 Å². The van der Waals surface area contributed by atoms with E-state index < -0.39 is 0 Å². The van der Waals surface area contributed by atoms with Crippen molar-refractivity contribution in [1.82, 2.24) is 4.98 Å². The molecule has 1 aromatic heterocycles. The minimum absolute atomic E-state index is 0.386. The van der Waals surface area contributed by atoms with Gasteiger partial charge in [-0.15, -0.1) is 0 Å². The average molecular weight is 490 g/mol. The van der Waals surface area contributed by atoms with E-state index in [0.717, 1.165) is 65.4 Å². The lowest BCUT2D eigenvalue weighted by atomic mass is 10.2. The third kappa shape index (κ3) is 8.70. The first-order valence-corrected chi connectivity index (χ1v) is 12.6. The Morgan fingerprint density at radius 2 is 1.11 bits per heavy atom. The van der Waals surface area contributed by atoms with Crippen LogP contribution in [-0.4, -0.2) is 25.3 Å². The van der Waals surface area contributed by atoms with Crippen LogP contribution < -0.4 is 14.2 Å². The molecule has 0 unspecified atom stereocenters. The first kappa shape index (κ1) is 25.7. The van der Waals surface area contributed by atoms with E-state index in [1.165, 1.54) is 0 Å². The highest BCUT2D eigenvalue weighted by molar-refractivity contribution is 5.29. The lowest BCUT2D eigenvalue weighted by Crippen LogP contribution is -2.03. The van der Waals surface area contributed by atoms with Crippen molar-refractivity contribution >= 4 is 0 Å². The fraction of sp³-hybridized carbons (Fsp3) is 0.367. The van der Waals surface area contributed by atoms with Crippen molar-refractivity contribution in [2.45, 2.75) is 52.1 Å². The van der Waals surface area contributed by atoms with Crippen molar-refractivity contribution in [3.8, 4) is 17.2 Å². The molecule has 6 nitrogen and oxygen atoms in total. The van der Waals surface area contributed by atoms with Crippen LogP contribution in [0.25, 0.3) is 0 Å². The molecule has 7 rings (SSSR count). The maximum Gasteiger partial charge on any atom is 0.122 e. The van der Waals surface area contributed by atoms with Gasteiger partial charge >= 0.3 is 0 Å². The highest BCUT2D eigenvalue weighted by Gasteiger charge is 2.06. The van der Waals surface area contributed by atoms with E-state index in [1.54, 1.807) is 7.11 Å². The molecule has 0 aliphatic carbocycles. The Balaban J connectivity index is 1.39. The van der Waals surface area contributed by atoms with E-state index in [4.69, 9.17) is 23.7 Å². The van der Waals surface area contributed by atoms with Crippen LogP contribution in [0, 0.1) is 0 Å². The standard InChI is InChI=1S/C30H35NO5/c1-32-30-18-26-22-33-20-24-8-12-28(13-9-24)35-16-6-4-2-3-5-7-17-36-29-14-10-25(11-15-29)21-34-23-27(19-30)31-26/h2-3,8-15,18-19H,4-7,16-17,20-23H2,1H3/b3-2-. The number of hydrogen-bond donors (Lipinski definition) is 0. The first-order chi connectivity index (χ1) is 17.8. The predicted octanol–water partition coefficient (Wildman–Crippen LogP) is 6.41. The molecule has 3 aromatic rings. The molecule has 190 valence electrons. The molecule has 0 spiro atoms. The molecule has 4 aliphatic rings. The lowest BCUT2D eigenvalue weighted by Gasteiger charge is -2.11. The summed E-state index contributed by atoms with van der Waals surface area (Å²) in [5.41, 5.74) is 3.79. The molecule has 0 N–H and O–H groups in total. The zero-order valence-corrected chi connectivity index (χ0v) is 21.0. The quantitative estimate of drug-likeness (QED) is 0.368. The van der Waals surface area contributed by atoms with E-state index in [9.17, 15) is 0 Å². The molecular weight excluding hydrogens is 454 g/mol. The summed E-state index contributed by atoms with van der Waals surface area (Å²) in [7, 11) is 1.65. The van der Waals surface area contributed by atoms with Crippen LogP contribution in [0.1, 0.15) is 48.2 Å². The zero-order valence-electron chi connectivity index (χ0n) is 21.0. The summed E-state index contributed by atoms with van der Waals surface area (Å²) < 4.78 is 29.0. The summed E-state index contributed by atoms with van der Waals surface area (Å²) in [4.78, 5) is 4.69. The molecule has 0 amide bonds. The topological polar surface area (TPSA) is 59.0 Å². The number of benzene rings is 2. The third-order valence-electron chi connectivity index (χ3n) is 5.76. The fourth-order valence-electron chi connectivity index (χ4n) is 3.81. The number of ether oxygens (including phenoxy) is 5. The van der Waals surface area contributed by atoms with Gasteiger partial charge < -0.3 is 23.7 Å². The van der Waals surface area contributed by atoms with Gasteiger partial charge in [0.25, 0.3) is 0 Å². The van der Waals surface area contributed by atoms with Crippen LogP contribution >= 0.6 is 0 Å². The van der Waals surface area contributed by atoms with Gasteiger partial charge in [-0.3, -0.25) is 4.98 Å². The van der Waals surface area contributed by atoms with Crippen LogP contribution in [0.3, 0.4) is 0 Å². The molecule has 2 aromatic carbocycles. The molecule has 0 radical (unpaired) electrons. The Morgan fingerprint density at radius 1 is 0.639 bits per heavy atom. The Hall–Kier alpha value is -3.35. The number of allylic oxidation sites excluding steroid dienone is 2. The Bertz CT molecular complexity index is 998. The summed E-state index contributed by atoms with van der Waals surface area (Å²) in [5, 5.41) is 0. The molecule has 6 heteroatoms. The maximum absolute atomic E-state index is 5.92. The van der Waals surface area contributed by atoms with Crippen LogP contribution in [0.2, 0.25) is 0 Å². The highest BCUT2D eigenvalue weighted by Crippen LogP contribution is 2.19. The number of pyridine rings is 1. The second kappa shape index (κ2) is 14.3. The molecule has 4 aliphatic heterocycles. The number of methoxy groups -OCH3 is 1. The monoisotopic (exact) mass is 489 g/mol. The molecule has 6 bridgehead atoms. The average Bonchev–Trinajstić information content (AvgIpc) is 2.91. The van der Waals surface area contributed by atoms with E-state index in [-0.39, 0.29) is 0 Å². The molecule has 0 fully saturated rings. The van der Waals surface area contributed by atoms with Crippen LogP contribution in [0.4, 0.5) is 0 Å². The van der Waals surface area contributed by atoms with Gasteiger partial charge in [-0.2, -0.15) is 0 Å². The Labute approximate surface area is 213 Å². The number of aromatic nitrogens is 1. The maximum atomic E-state index is 5.92. The van der Waals surface area contributed by atoms with Crippen molar-refractivity contribution in [2.24, 2.45) is 0 Å². The van der Waals surface area contributed by atoms with Gasteiger partial charge in [0, 0.05) is 12.1 Å². The summed E-state index contributed by atoms with van der Waals surface area (Å²) in [6.07, 6.45) is 8.45. The second-order valence-corrected chi connectivity index (χ2v) is 8.72. The molecule has 36 heavy (non-hydrogen) atoms. The largest absolute Gasteiger partial charge is 0.497 e.